The average molecular weight is 368 g/mol. The predicted molar refractivity (Wildman–Crippen MR) is 102 cm³/mol. The SMILES string of the molecule is BC1(c2ccc(-n3cc4cc(F)cc(C(N)=O)c4n3)cc2F)CCCNC1. The molecule has 3 aromatic rings. The van der Waals surface area contributed by atoms with Crippen LogP contribution in [0.5, 0.6) is 0 Å². The zero-order chi connectivity index (χ0) is 19.2. The minimum absolute atomic E-state index is 0.00151. The first-order chi connectivity index (χ1) is 12.9. The van der Waals surface area contributed by atoms with E-state index in [1.54, 1.807) is 18.3 Å². The summed E-state index contributed by atoms with van der Waals surface area (Å²) in [5.41, 5.74) is 6.77. The third-order valence-corrected chi connectivity index (χ3v) is 5.30. The number of rotatable bonds is 3. The van der Waals surface area contributed by atoms with Gasteiger partial charge in [0.25, 0.3) is 5.91 Å². The molecule has 3 N–H and O–H groups in total. The fraction of sp³-hybridized carbons (Fsp3) is 0.263. The molecule has 1 aromatic heterocycles. The fourth-order valence-electron chi connectivity index (χ4n) is 3.84. The number of hydrogen-bond acceptors (Lipinski definition) is 3. The van der Waals surface area contributed by atoms with Crippen LogP contribution in [-0.2, 0) is 5.31 Å². The maximum absolute atomic E-state index is 14.9. The summed E-state index contributed by atoms with van der Waals surface area (Å²) in [6.45, 7) is 1.68. The zero-order valence-corrected chi connectivity index (χ0v) is 14.9. The van der Waals surface area contributed by atoms with E-state index in [2.05, 4.69) is 18.3 Å². The summed E-state index contributed by atoms with van der Waals surface area (Å²) in [5.74, 6) is -1.64. The van der Waals surface area contributed by atoms with Crippen molar-refractivity contribution in [2.75, 3.05) is 13.1 Å². The highest BCUT2D eigenvalue weighted by Gasteiger charge is 2.31. The van der Waals surface area contributed by atoms with Crippen LogP contribution >= 0.6 is 0 Å². The van der Waals surface area contributed by atoms with Gasteiger partial charge >= 0.3 is 0 Å². The minimum Gasteiger partial charge on any atom is -0.366 e. The van der Waals surface area contributed by atoms with Gasteiger partial charge in [-0.15, -0.1) is 0 Å². The van der Waals surface area contributed by atoms with Crippen molar-refractivity contribution in [3.63, 3.8) is 0 Å². The van der Waals surface area contributed by atoms with E-state index in [1.807, 2.05) is 0 Å². The summed E-state index contributed by atoms with van der Waals surface area (Å²) < 4.78 is 30.0. The molecule has 5 nitrogen and oxygen atoms in total. The van der Waals surface area contributed by atoms with Crippen LogP contribution in [0, 0.1) is 11.6 Å². The van der Waals surface area contributed by atoms with Gasteiger partial charge in [0.1, 0.15) is 25.0 Å². The molecule has 0 bridgehead atoms. The van der Waals surface area contributed by atoms with E-state index < -0.39 is 11.7 Å². The Bertz CT molecular complexity index is 1040. The smallest absolute Gasteiger partial charge is 0.251 e. The second-order valence-corrected chi connectivity index (χ2v) is 7.33. The van der Waals surface area contributed by atoms with Crippen LogP contribution in [-0.4, -0.2) is 36.6 Å². The summed E-state index contributed by atoms with van der Waals surface area (Å²) >= 11 is 0. The zero-order valence-electron chi connectivity index (χ0n) is 14.9. The number of halogens is 2. The number of benzene rings is 2. The van der Waals surface area contributed by atoms with Gasteiger partial charge in [-0.25, -0.2) is 13.5 Å². The third-order valence-electron chi connectivity index (χ3n) is 5.30. The van der Waals surface area contributed by atoms with Gasteiger partial charge in [0.2, 0.25) is 0 Å². The van der Waals surface area contributed by atoms with Crippen LogP contribution in [0.3, 0.4) is 0 Å². The second kappa shape index (κ2) is 6.46. The van der Waals surface area contributed by atoms with Crippen LogP contribution in [0.1, 0.15) is 28.8 Å². The van der Waals surface area contributed by atoms with Gasteiger partial charge in [-0.3, -0.25) is 4.79 Å². The quantitative estimate of drug-likeness (QED) is 0.690. The molecule has 1 aliphatic heterocycles. The van der Waals surface area contributed by atoms with Crippen molar-refractivity contribution in [2.45, 2.75) is 18.2 Å². The largest absolute Gasteiger partial charge is 0.366 e. The lowest BCUT2D eigenvalue weighted by atomic mass is 9.60. The van der Waals surface area contributed by atoms with E-state index in [1.165, 1.54) is 16.8 Å². The molecule has 0 radical (unpaired) electrons. The molecule has 27 heavy (non-hydrogen) atoms. The van der Waals surface area contributed by atoms with Gasteiger partial charge in [0.05, 0.1) is 11.3 Å². The molecule has 4 rings (SSSR count). The molecule has 0 aliphatic carbocycles. The lowest BCUT2D eigenvalue weighted by Gasteiger charge is -2.35. The number of hydrogen-bond donors (Lipinski definition) is 2. The number of piperidine rings is 1. The number of nitrogens with zero attached hydrogens (tertiary/aromatic N) is 2. The van der Waals surface area contributed by atoms with Crippen LogP contribution < -0.4 is 11.1 Å². The first-order valence-electron chi connectivity index (χ1n) is 8.87. The molecule has 138 valence electrons. The third kappa shape index (κ3) is 3.10. The Hall–Kier alpha value is -2.74. The molecule has 1 unspecified atom stereocenters. The summed E-state index contributed by atoms with van der Waals surface area (Å²) in [7, 11) is 2.06. The van der Waals surface area contributed by atoms with E-state index in [0.717, 1.165) is 32.0 Å². The van der Waals surface area contributed by atoms with Gasteiger partial charge < -0.3 is 11.1 Å². The van der Waals surface area contributed by atoms with E-state index in [4.69, 9.17) is 5.73 Å². The number of nitrogens with one attached hydrogen (secondary N) is 1. The molecule has 2 aromatic carbocycles. The van der Waals surface area contributed by atoms with Crippen molar-refractivity contribution < 1.29 is 13.6 Å². The molecule has 1 saturated heterocycles. The van der Waals surface area contributed by atoms with Crippen molar-refractivity contribution in [1.29, 1.82) is 0 Å². The summed E-state index contributed by atoms with van der Waals surface area (Å²) in [4.78, 5) is 11.6. The maximum Gasteiger partial charge on any atom is 0.251 e. The Morgan fingerprint density at radius 1 is 1.30 bits per heavy atom. The van der Waals surface area contributed by atoms with Crippen LogP contribution in [0.4, 0.5) is 8.78 Å². The molecule has 1 atom stereocenters. The first-order valence-corrected chi connectivity index (χ1v) is 8.87. The standard InChI is InChI=1S/C19H19BF2N4O/c20-19(4-1-5-24-10-19)15-3-2-13(8-16(15)22)26-9-11-6-12(21)7-14(18(23)27)17(11)25-26/h2-3,6-9,24H,1,4-5,10,20H2,(H2,23,27). The van der Waals surface area contributed by atoms with Gasteiger partial charge in [-0.05, 0) is 61.1 Å². The summed E-state index contributed by atoms with van der Waals surface area (Å²) in [6, 6.07) is 7.30. The molecule has 0 spiro atoms. The van der Waals surface area contributed by atoms with Gasteiger partial charge in [-0.1, -0.05) is 6.07 Å². The Balaban J connectivity index is 1.77. The monoisotopic (exact) mass is 368 g/mol. The predicted octanol–water partition coefficient (Wildman–Crippen LogP) is 1.61. The summed E-state index contributed by atoms with van der Waals surface area (Å²) in [5, 5.41) is 7.82. The highest BCUT2D eigenvalue weighted by atomic mass is 19.1. The van der Waals surface area contributed by atoms with Gasteiger partial charge in [-0.2, -0.15) is 5.10 Å². The molecule has 8 heteroatoms. The van der Waals surface area contributed by atoms with Crippen molar-refractivity contribution in [3.8, 4) is 5.69 Å². The van der Waals surface area contributed by atoms with Crippen LogP contribution in [0.25, 0.3) is 16.6 Å². The highest BCUT2D eigenvalue weighted by Crippen LogP contribution is 2.31. The molecular weight excluding hydrogens is 349 g/mol. The Morgan fingerprint density at radius 3 is 2.78 bits per heavy atom. The number of carbonyl (C=O) groups is 1. The first kappa shape index (κ1) is 17.7. The molecule has 1 amide bonds. The Morgan fingerprint density at radius 2 is 2.11 bits per heavy atom. The highest BCUT2D eigenvalue weighted by molar-refractivity contribution is 6.16. The topological polar surface area (TPSA) is 72.9 Å². The lowest BCUT2D eigenvalue weighted by Crippen LogP contribution is -2.44. The molecule has 0 saturated carbocycles. The minimum atomic E-state index is -0.760. The van der Waals surface area contributed by atoms with Gasteiger partial charge in [0.15, 0.2) is 0 Å². The Kier molecular flexibility index (Phi) is 4.22. The van der Waals surface area contributed by atoms with E-state index in [9.17, 15) is 13.6 Å². The maximum atomic E-state index is 14.9. The molecule has 1 aliphatic rings. The van der Waals surface area contributed by atoms with Gasteiger partial charge in [0, 0.05) is 11.6 Å². The van der Waals surface area contributed by atoms with Crippen LogP contribution in [0.2, 0.25) is 0 Å². The fourth-order valence-corrected chi connectivity index (χ4v) is 3.84. The number of aromatic nitrogens is 2. The second-order valence-electron chi connectivity index (χ2n) is 7.33. The number of carbonyl (C=O) groups excluding carboxylic acids is 1. The van der Waals surface area contributed by atoms with Crippen molar-refractivity contribution in [2.24, 2.45) is 5.73 Å². The normalized spacial score (nSPS) is 20.1. The molecular formula is C19H19BF2N4O. The molecule has 1 fully saturated rings. The number of fused-ring (bicyclic) bond motifs is 1. The number of nitrogens with two attached hydrogens (primary N) is 1. The number of primary amides is 1. The summed E-state index contributed by atoms with van der Waals surface area (Å²) in [6.07, 6.45) is 3.48. The van der Waals surface area contributed by atoms with Crippen molar-refractivity contribution >= 4 is 24.7 Å². The average Bonchev–Trinajstić information content (AvgIpc) is 3.05. The van der Waals surface area contributed by atoms with Crippen molar-refractivity contribution in [3.05, 3.63) is 59.3 Å². The van der Waals surface area contributed by atoms with Crippen LogP contribution in [0.15, 0.2) is 36.5 Å². The lowest BCUT2D eigenvalue weighted by molar-refractivity contribution is 0.100. The van der Waals surface area contributed by atoms with E-state index in [0.29, 0.717) is 16.6 Å². The van der Waals surface area contributed by atoms with Crippen molar-refractivity contribution in [1.82, 2.24) is 15.1 Å². The van der Waals surface area contributed by atoms with E-state index in [-0.39, 0.29) is 22.2 Å². The van der Waals surface area contributed by atoms with E-state index >= 15 is 0 Å². The molecule has 2 heterocycles. The number of amides is 1. The Labute approximate surface area is 155 Å².